The third-order valence-corrected chi connectivity index (χ3v) is 7.24. The van der Waals surface area contributed by atoms with E-state index in [1.165, 1.54) is 11.3 Å². The van der Waals surface area contributed by atoms with E-state index in [1.54, 1.807) is 6.92 Å². The number of quaternary nitrogens is 1. The summed E-state index contributed by atoms with van der Waals surface area (Å²) in [5, 5.41) is 15.3. The van der Waals surface area contributed by atoms with Crippen molar-refractivity contribution >= 4 is 64.5 Å². The molecule has 1 saturated heterocycles. The summed E-state index contributed by atoms with van der Waals surface area (Å²) in [4.78, 5) is 18.5. The lowest BCUT2D eigenvalue weighted by Gasteiger charge is -2.38. The molecule has 0 spiro atoms. The molecule has 0 N–H and O–H groups in total. The van der Waals surface area contributed by atoms with Crippen molar-refractivity contribution in [3.05, 3.63) is 23.4 Å². The minimum absolute atomic E-state index is 0.203. The number of para-hydroxylation sites is 1. The molecule has 1 aromatic carbocycles. The van der Waals surface area contributed by atoms with Crippen molar-refractivity contribution in [3.8, 4) is 5.75 Å². The number of hydroxylamine groups is 2. The average molecular weight is 579 g/mol. The van der Waals surface area contributed by atoms with Gasteiger partial charge >= 0.3 is 5.97 Å². The molecule has 31 heavy (non-hydrogen) atoms. The lowest BCUT2D eigenvalue weighted by Crippen LogP contribution is -2.51. The molecular weight excluding hydrogens is 550 g/mol. The van der Waals surface area contributed by atoms with Crippen LogP contribution in [-0.2, 0) is 9.53 Å². The summed E-state index contributed by atoms with van der Waals surface area (Å²) in [6.45, 7) is 5.82. The van der Waals surface area contributed by atoms with Gasteiger partial charge in [-0.25, -0.2) is 4.90 Å². The van der Waals surface area contributed by atoms with Crippen LogP contribution in [0, 0.1) is 5.21 Å². The minimum atomic E-state index is -0.850. The second kappa shape index (κ2) is 11.4. The van der Waals surface area contributed by atoms with E-state index in [2.05, 4.69) is 38.8 Å². The van der Waals surface area contributed by atoms with Crippen molar-refractivity contribution in [1.29, 1.82) is 0 Å². The highest BCUT2D eigenvalue weighted by Gasteiger charge is 2.46. The molecule has 2 heterocycles. The normalized spacial score (nSPS) is 22.7. The number of benzene rings is 1. The Morgan fingerprint density at radius 2 is 2.23 bits per heavy atom. The molecule has 10 heteroatoms. The molecule has 1 fully saturated rings. The number of aromatic nitrogens is 1. The van der Waals surface area contributed by atoms with E-state index in [4.69, 9.17) is 14.5 Å². The van der Waals surface area contributed by atoms with Crippen molar-refractivity contribution in [2.45, 2.75) is 50.6 Å². The molecule has 2 aromatic rings. The molecule has 1 aromatic heterocycles. The SMILES string of the molecule is CCCCCOc1cccc2sc([N+]3([O-])CN(CCCBr)CC3OC(=O)C(C)Br)nc12. The number of carbonyl (C=O) groups is 1. The van der Waals surface area contributed by atoms with Gasteiger partial charge in [0.1, 0.15) is 22.8 Å². The fraction of sp³-hybridized carbons (Fsp3) is 0.619. The van der Waals surface area contributed by atoms with E-state index in [0.717, 1.165) is 42.3 Å². The Morgan fingerprint density at radius 3 is 2.94 bits per heavy atom. The Balaban J connectivity index is 1.88. The van der Waals surface area contributed by atoms with Gasteiger partial charge in [-0.2, -0.15) is 4.98 Å². The van der Waals surface area contributed by atoms with Crippen molar-refractivity contribution in [2.75, 3.05) is 31.7 Å². The quantitative estimate of drug-likeness (QED) is 0.117. The predicted molar refractivity (Wildman–Crippen MR) is 133 cm³/mol. The number of alkyl halides is 2. The molecule has 0 radical (unpaired) electrons. The summed E-state index contributed by atoms with van der Waals surface area (Å²) in [7, 11) is 0. The molecule has 0 bridgehead atoms. The third kappa shape index (κ3) is 5.97. The van der Waals surface area contributed by atoms with Crippen LogP contribution in [0.4, 0.5) is 5.13 Å². The van der Waals surface area contributed by atoms with Crippen molar-refractivity contribution < 1.29 is 14.3 Å². The fourth-order valence-electron chi connectivity index (χ4n) is 3.50. The van der Waals surface area contributed by atoms with Crippen LogP contribution in [0.5, 0.6) is 5.75 Å². The summed E-state index contributed by atoms with van der Waals surface area (Å²) in [6, 6.07) is 5.76. The first kappa shape index (κ1) is 24.9. The standard InChI is InChI=1S/C21H29Br2N3O4S/c1-3-4-5-12-29-16-8-6-9-17-19(16)24-21(31-17)26(28)14-25(11-7-10-22)13-18(26)30-20(27)15(2)23/h6,8-9,15,18H,3-5,7,10-14H2,1-2H3. The summed E-state index contributed by atoms with van der Waals surface area (Å²) < 4.78 is 11.7. The monoisotopic (exact) mass is 577 g/mol. The number of halogens is 2. The van der Waals surface area contributed by atoms with Gasteiger partial charge in [-0.15, -0.1) is 0 Å². The largest absolute Gasteiger partial charge is 0.622 e. The van der Waals surface area contributed by atoms with E-state index >= 15 is 0 Å². The smallest absolute Gasteiger partial charge is 0.324 e. The number of fused-ring (bicyclic) bond motifs is 1. The van der Waals surface area contributed by atoms with Gasteiger partial charge < -0.3 is 14.7 Å². The molecule has 1 aliphatic rings. The van der Waals surface area contributed by atoms with E-state index in [0.29, 0.717) is 29.5 Å². The zero-order valence-corrected chi connectivity index (χ0v) is 21.9. The van der Waals surface area contributed by atoms with Crippen molar-refractivity contribution in [2.24, 2.45) is 0 Å². The molecule has 1 aliphatic heterocycles. The topological polar surface area (TPSA) is 74.7 Å². The molecule has 3 rings (SSSR count). The second-order valence-electron chi connectivity index (χ2n) is 7.72. The van der Waals surface area contributed by atoms with E-state index < -0.39 is 21.7 Å². The second-order valence-corrected chi connectivity index (χ2v) is 10.9. The highest BCUT2D eigenvalue weighted by atomic mass is 79.9. The van der Waals surface area contributed by atoms with Crippen LogP contribution in [-0.4, -0.2) is 58.6 Å². The number of rotatable bonds is 11. The number of hydrogen-bond donors (Lipinski definition) is 0. The van der Waals surface area contributed by atoms with Crippen LogP contribution in [0.25, 0.3) is 10.2 Å². The van der Waals surface area contributed by atoms with Crippen LogP contribution < -0.4 is 9.38 Å². The zero-order chi connectivity index (χ0) is 22.4. The number of carbonyl (C=O) groups excluding carboxylic acids is 1. The lowest BCUT2D eigenvalue weighted by molar-refractivity contribution is -0.152. The van der Waals surface area contributed by atoms with Crippen LogP contribution in [0.3, 0.4) is 0 Å². The van der Waals surface area contributed by atoms with Crippen LogP contribution in [0.15, 0.2) is 18.2 Å². The Labute approximate surface area is 204 Å². The Hall–Kier alpha value is -0.780. The zero-order valence-electron chi connectivity index (χ0n) is 17.9. The van der Waals surface area contributed by atoms with Crippen LogP contribution >= 0.6 is 43.2 Å². The van der Waals surface area contributed by atoms with Crippen LogP contribution in [0.1, 0.15) is 39.5 Å². The van der Waals surface area contributed by atoms with E-state index in [-0.39, 0.29) is 6.67 Å². The number of nitrogens with zero attached hydrogens (tertiary/aromatic N) is 3. The van der Waals surface area contributed by atoms with Gasteiger partial charge in [0.2, 0.25) is 0 Å². The lowest BCUT2D eigenvalue weighted by atomic mass is 10.2. The minimum Gasteiger partial charge on any atom is -0.622 e. The molecule has 3 atom stereocenters. The fourth-order valence-corrected chi connectivity index (χ4v) is 4.91. The van der Waals surface area contributed by atoms with Gasteiger partial charge in [0, 0.05) is 11.9 Å². The number of unbranched alkanes of at least 4 members (excludes halogenated alkanes) is 2. The highest BCUT2D eigenvalue weighted by Crippen LogP contribution is 2.40. The third-order valence-electron chi connectivity index (χ3n) is 5.17. The Bertz CT molecular complexity index is 881. The van der Waals surface area contributed by atoms with Gasteiger partial charge in [0.05, 0.1) is 17.9 Å². The summed E-state index contributed by atoms with van der Waals surface area (Å²) in [5.41, 5.74) is 0.699. The average Bonchev–Trinajstić information content (AvgIpc) is 3.32. The maximum atomic E-state index is 14.0. The highest BCUT2D eigenvalue weighted by molar-refractivity contribution is 9.10. The van der Waals surface area contributed by atoms with Gasteiger partial charge in [-0.3, -0.25) is 9.44 Å². The molecule has 0 aliphatic carbocycles. The Kier molecular flexibility index (Phi) is 9.12. The van der Waals surface area contributed by atoms with E-state index in [1.807, 2.05) is 23.1 Å². The maximum absolute atomic E-state index is 14.0. The molecule has 0 saturated carbocycles. The molecule has 3 unspecified atom stereocenters. The first-order valence-electron chi connectivity index (χ1n) is 10.6. The molecule has 7 nitrogen and oxygen atoms in total. The first-order valence-corrected chi connectivity index (χ1v) is 13.5. The van der Waals surface area contributed by atoms with E-state index in [9.17, 15) is 10.0 Å². The van der Waals surface area contributed by atoms with Gasteiger partial charge in [0.15, 0.2) is 0 Å². The van der Waals surface area contributed by atoms with Gasteiger partial charge in [0.25, 0.3) is 11.4 Å². The van der Waals surface area contributed by atoms with Gasteiger partial charge in [-0.1, -0.05) is 69.0 Å². The summed E-state index contributed by atoms with van der Waals surface area (Å²) >= 11 is 8.02. The van der Waals surface area contributed by atoms with Crippen molar-refractivity contribution in [3.63, 3.8) is 0 Å². The molecule has 172 valence electrons. The van der Waals surface area contributed by atoms with Crippen molar-refractivity contribution in [1.82, 2.24) is 14.5 Å². The van der Waals surface area contributed by atoms with Gasteiger partial charge in [-0.05, 0) is 31.9 Å². The first-order chi connectivity index (χ1) is 14.9. The Morgan fingerprint density at radius 1 is 1.42 bits per heavy atom. The summed E-state index contributed by atoms with van der Waals surface area (Å²) in [5.74, 6) is 0.257. The predicted octanol–water partition coefficient (Wildman–Crippen LogP) is 5.38. The maximum Gasteiger partial charge on any atom is 0.324 e. The molecular formula is C21H29Br2N3O4S. The number of thiazole rings is 1. The summed E-state index contributed by atoms with van der Waals surface area (Å²) in [6.07, 6.45) is 3.28. The number of esters is 1. The molecule has 0 amide bonds. The number of hydrogen-bond acceptors (Lipinski definition) is 7. The number of ether oxygens (including phenoxy) is 2. The van der Waals surface area contributed by atoms with Crippen LogP contribution in [0.2, 0.25) is 0 Å².